The molecule has 4 heteroatoms. The summed E-state index contributed by atoms with van der Waals surface area (Å²) in [5.74, 6) is 1.32. The quantitative estimate of drug-likeness (QED) is 0.676. The molecule has 1 aliphatic heterocycles. The van der Waals surface area contributed by atoms with Crippen molar-refractivity contribution in [3.8, 4) is 0 Å². The molecule has 1 rings (SSSR count). The van der Waals surface area contributed by atoms with Gasteiger partial charge >= 0.3 is 0 Å². The number of hydrogen-bond acceptors (Lipinski definition) is 4. The Labute approximate surface area is 97.3 Å². The lowest BCUT2D eigenvalue weighted by molar-refractivity contribution is 0.0709. The summed E-state index contributed by atoms with van der Waals surface area (Å²) < 4.78 is 10.3. The fourth-order valence-corrected chi connectivity index (χ4v) is 2.92. The van der Waals surface area contributed by atoms with E-state index in [1.807, 2.05) is 0 Å². The summed E-state index contributed by atoms with van der Waals surface area (Å²) in [6, 6.07) is 0.676. The summed E-state index contributed by atoms with van der Waals surface area (Å²) in [5, 5.41) is 4.31. The van der Waals surface area contributed by atoms with E-state index in [-0.39, 0.29) is 0 Å². The molecule has 2 unspecified atom stereocenters. The van der Waals surface area contributed by atoms with E-state index in [0.717, 1.165) is 18.4 Å². The molecule has 0 radical (unpaired) electrons. The van der Waals surface area contributed by atoms with Crippen LogP contribution >= 0.6 is 11.8 Å². The van der Waals surface area contributed by atoms with E-state index < -0.39 is 0 Å². The highest BCUT2D eigenvalue weighted by molar-refractivity contribution is 7.99. The SMILES string of the molecule is COCCOCCNC1CCCSC1C. The van der Waals surface area contributed by atoms with Crippen LogP contribution in [0.2, 0.25) is 0 Å². The molecule has 0 saturated carbocycles. The minimum atomic E-state index is 0.676. The molecule has 0 bridgehead atoms. The predicted octanol–water partition coefficient (Wildman–Crippen LogP) is 1.52. The summed E-state index contributed by atoms with van der Waals surface area (Å²) in [6.07, 6.45) is 2.66. The molecule has 1 fully saturated rings. The van der Waals surface area contributed by atoms with Crippen molar-refractivity contribution in [1.82, 2.24) is 5.32 Å². The average Bonchev–Trinajstić information content (AvgIpc) is 2.25. The highest BCUT2D eigenvalue weighted by Gasteiger charge is 2.20. The molecule has 0 spiro atoms. The number of rotatable bonds is 7. The molecule has 0 aromatic rings. The van der Waals surface area contributed by atoms with Gasteiger partial charge in [0, 0.05) is 24.9 Å². The van der Waals surface area contributed by atoms with Gasteiger partial charge in [0.2, 0.25) is 0 Å². The van der Waals surface area contributed by atoms with Crippen molar-refractivity contribution < 1.29 is 9.47 Å². The molecule has 1 heterocycles. The van der Waals surface area contributed by atoms with Gasteiger partial charge in [0.25, 0.3) is 0 Å². The van der Waals surface area contributed by atoms with Crippen LogP contribution in [0.1, 0.15) is 19.8 Å². The summed E-state index contributed by atoms with van der Waals surface area (Å²) in [7, 11) is 1.70. The van der Waals surface area contributed by atoms with Crippen LogP contribution in [0.5, 0.6) is 0 Å². The van der Waals surface area contributed by atoms with Crippen LogP contribution in [0.3, 0.4) is 0 Å². The Morgan fingerprint density at radius 2 is 2.20 bits per heavy atom. The standard InChI is InChI=1S/C11H23NO2S/c1-10-11(4-3-9-15-10)12-5-6-14-8-7-13-2/h10-12H,3-9H2,1-2H3. The van der Waals surface area contributed by atoms with Crippen molar-refractivity contribution in [3.05, 3.63) is 0 Å². The van der Waals surface area contributed by atoms with Gasteiger partial charge in [-0.2, -0.15) is 11.8 Å². The second kappa shape index (κ2) is 8.39. The zero-order valence-corrected chi connectivity index (χ0v) is 10.6. The summed E-state index contributed by atoms with van der Waals surface area (Å²) in [5.41, 5.74) is 0. The fourth-order valence-electron chi connectivity index (χ4n) is 1.75. The van der Waals surface area contributed by atoms with Crippen LogP contribution in [-0.4, -0.2) is 50.5 Å². The molecule has 0 aliphatic carbocycles. The molecule has 0 aromatic heterocycles. The van der Waals surface area contributed by atoms with Gasteiger partial charge < -0.3 is 14.8 Å². The normalized spacial score (nSPS) is 26.8. The molecule has 2 atom stereocenters. The van der Waals surface area contributed by atoms with E-state index in [2.05, 4.69) is 24.0 Å². The van der Waals surface area contributed by atoms with Crippen molar-refractivity contribution in [3.63, 3.8) is 0 Å². The third-order valence-corrected chi connectivity index (χ3v) is 4.07. The molecule has 0 amide bonds. The number of nitrogens with one attached hydrogen (secondary N) is 1. The summed E-state index contributed by atoms with van der Waals surface area (Å²) in [6.45, 7) is 5.45. The van der Waals surface area contributed by atoms with E-state index in [1.165, 1.54) is 18.6 Å². The highest BCUT2D eigenvalue weighted by Crippen LogP contribution is 2.24. The molecule has 15 heavy (non-hydrogen) atoms. The molecule has 3 nitrogen and oxygen atoms in total. The molecular weight excluding hydrogens is 210 g/mol. The van der Waals surface area contributed by atoms with Crippen LogP contribution < -0.4 is 5.32 Å². The number of hydrogen-bond donors (Lipinski definition) is 1. The van der Waals surface area contributed by atoms with Crippen LogP contribution in [0, 0.1) is 0 Å². The summed E-state index contributed by atoms with van der Waals surface area (Å²) in [4.78, 5) is 0. The second-order valence-electron chi connectivity index (χ2n) is 3.88. The smallest absolute Gasteiger partial charge is 0.0700 e. The molecule has 0 aromatic carbocycles. The van der Waals surface area contributed by atoms with Crippen molar-refractivity contribution >= 4 is 11.8 Å². The first-order valence-corrected chi connectivity index (χ1v) is 6.81. The number of methoxy groups -OCH3 is 1. The van der Waals surface area contributed by atoms with Crippen molar-refractivity contribution in [2.75, 3.05) is 39.2 Å². The average molecular weight is 233 g/mol. The first kappa shape index (κ1) is 13.3. The Hall–Kier alpha value is 0.230. The van der Waals surface area contributed by atoms with Gasteiger partial charge in [-0.05, 0) is 18.6 Å². The van der Waals surface area contributed by atoms with Gasteiger partial charge in [0.05, 0.1) is 19.8 Å². The van der Waals surface area contributed by atoms with E-state index >= 15 is 0 Å². The highest BCUT2D eigenvalue weighted by atomic mass is 32.2. The van der Waals surface area contributed by atoms with Crippen LogP contribution in [0.15, 0.2) is 0 Å². The zero-order valence-electron chi connectivity index (χ0n) is 9.83. The van der Waals surface area contributed by atoms with Crippen molar-refractivity contribution in [1.29, 1.82) is 0 Å². The lowest BCUT2D eigenvalue weighted by atomic mass is 10.1. The van der Waals surface area contributed by atoms with Gasteiger partial charge in [-0.1, -0.05) is 6.92 Å². The summed E-state index contributed by atoms with van der Waals surface area (Å²) >= 11 is 2.07. The molecular formula is C11H23NO2S. The third kappa shape index (κ3) is 5.76. The maximum Gasteiger partial charge on any atom is 0.0700 e. The zero-order chi connectivity index (χ0) is 10.9. The van der Waals surface area contributed by atoms with Crippen molar-refractivity contribution in [2.45, 2.75) is 31.1 Å². The van der Waals surface area contributed by atoms with Gasteiger partial charge in [0.1, 0.15) is 0 Å². The van der Waals surface area contributed by atoms with Gasteiger partial charge in [-0.3, -0.25) is 0 Å². The Morgan fingerprint density at radius 3 is 2.93 bits per heavy atom. The first-order chi connectivity index (χ1) is 7.34. The fraction of sp³-hybridized carbons (Fsp3) is 1.00. The van der Waals surface area contributed by atoms with Gasteiger partial charge in [-0.25, -0.2) is 0 Å². The van der Waals surface area contributed by atoms with Crippen LogP contribution in [-0.2, 0) is 9.47 Å². The monoisotopic (exact) mass is 233 g/mol. The Balaban J connectivity index is 1.94. The lowest BCUT2D eigenvalue weighted by Crippen LogP contribution is -2.40. The van der Waals surface area contributed by atoms with E-state index in [9.17, 15) is 0 Å². The Kier molecular flexibility index (Phi) is 7.44. The number of thioether (sulfide) groups is 1. The van der Waals surface area contributed by atoms with Crippen LogP contribution in [0.4, 0.5) is 0 Å². The topological polar surface area (TPSA) is 30.5 Å². The van der Waals surface area contributed by atoms with Crippen molar-refractivity contribution in [2.24, 2.45) is 0 Å². The van der Waals surface area contributed by atoms with Gasteiger partial charge in [-0.15, -0.1) is 0 Å². The Bertz CT molecular complexity index is 158. The first-order valence-electron chi connectivity index (χ1n) is 5.76. The van der Waals surface area contributed by atoms with E-state index in [0.29, 0.717) is 19.3 Å². The minimum Gasteiger partial charge on any atom is -0.382 e. The maximum absolute atomic E-state index is 5.41. The second-order valence-corrected chi connectivity index (χ2v) is 5.37. The van der Waals surface area contributed by atoms with E-state index in [1.54, 1.807) is 7.11 Å². The predicted molar refractivity (Wildman–Crippen MR) is 65.6 cm³/mol. The number of ether oxygens (including phenoxy) is 2. The van der Waals surface area contributed by atoms with E-state index in [4.69, 9.17) is 9.47 Å². The molecule has 1 aliphatic rings. The Morgan fingerprint density at radius 1 is 1.33 bits per heavy atom. The van der Waals surface area contributed by atoms with Crippen LogP contribution in [0.25, 0.3) is 0 Å². The maximum atomic E-state index is 5.41. The molecule has 90 valence electrons. The molecule has 1 saturated heterocycles. The lowest BCUT2D eigenvalue weighted by Gasteiger charge is -2.29. The minimum absolute atomic E-state index is 0.676. The largest absolute Gasteiger partial charge is 0.382 e. The van der Waals surface area contributed by atoms with Gasteiger partial charge in [0.15, 0.2) is 0 Å². The third-order valence-electron chi connectivity index (χ3n) is 2.69. The molecule has 1 N–H and O–H groups in total.